The number of benzene rings is 1. The number of fused-ring (bicyclic) bond motifs is 3. The van der Waals surface area contributed by atoms with Crippen molar-refractivity contribution >= 4 is 17.8 Å². The number of hydrogen-bond acceptors (Lipinski definition) is 3. The monoisotopic (exact) mass is 317 g/mol. The highest BCUT2D eigenvalue weighted by molar-refractivity contribution is 6.01. The molecule has 4 aliphatic rings. The van der Waals surface area contributed by atoms with Crippen molar-refractivity contribution in [2.75, 3.05) is 0 Å². The van der Waals surface area contributed by atoms with Crippen LogP contribution in [-0.2, 0) is 4.79 Å². The van der Waals surface area contributed by atoms with Crippen molar-refractivity contribution in [3.05, 3.63) is 70.3 Å². The standard InChI is InChI=1S/C20H15NO3/c1-11-17-16(19(23)21-11)6-5-12-9-13-3-2-4-14-10-15(22)7-8-20(13,14)24-18(12)17/h2-9,11H,10H2,1H3,(H,21,23). The second-order valence-electron chi connectivity index (χ2n) is 6.61. The van der Waals surface area contributed by atoms with E-state index < -0.39 is 5.60 Å². The predicted octanol–water partition coefficient (Wildman–Crippen LogP) is 3.03. The molecule has 1 N–H and O–H groups in total. The Balaban J connectivity index is 1.77. The van der Waals surface area contributed by atoms with Crippen molar-refractivity contribution in [1.82, 2.24) is 5.32 Å². The molecule has 4 heteroatoms. The number of allylic oxidation sites excluding steroid dienone is 3. The summed E-state index contributed by atoms with van der Waals surface area (Å²) in [5, 5.41) is 2.94. The van der Waals surface area contributed by atoms with Gasteiger partial charge in [-0.1, -0.05) is 24.3 Å². The van der Waals surface area contributed by atoms with Crippen molar-refractivity contribution < 1.29 is 14.3 Å². The molecule has 2 atom stereocenters. The number of amides is 1. The van der Waals surface area contributed by atoms with E-state index in [4.69, 9.17) is 4.74 Å². The van der Waals surface area contributed by atoms with Crippen LogP contribution in [0.4, 0.5) is 0 Å². The summed E-state index contributed by atoms with van der Waals surface area (Å²) in [6.45, 7) is 1.96. The van der Waals surface area contributed by atoms with Gasteiger partial charge < -0.3 is 10.1 Å². The lowest BCUT2D eigenvalue weighted by Crippen LogP contribution is -2.43. The number of ketones is 1. The zero-order valence-electron chi connectivity index (χ0n) is 13.1. The summed E-state index contributed by atoms with van der Waals surface area (Å²) in [6.07, 6.45) is 11.8. The summed E-state index contributed by atoms with van der Waals surface area (Å²) in [5.74, 6) is 0.756. The number of ether oxygens (including phenoxy) is 1. The highest BCUT2D eigenvalue weighted by Gasteiger charge is 2.45. The van der Waals surface area contributed by atoms with Crippen molar-refractivity contribution in [2.24, 2.45) is 0 Å². The Morgan fingerprint density at radius 1 is 1.25 bits per heavy atom. The molecule has 0 radical (unpaired) electrons. The minimum atomic E-state index is -0.726. The molecule has 0 aromatic heterocycles. The van der Waals surface area contributed by atoms with E-state index in [9.17, 15) is 9.59 Å². The van der Waals surface area contributed by atoms with Crippen molar-refractivity contribution in [1.29, 1.82) is 0 Å². The first-order chi connectivity index (χ1) is 11.6. The average Bonchev–Trinajstić information content (AvgIpc) is 2.86. The van der Waals surface area contributed by atoms with Crippen LogP contribution in [0.2, 0.25) is 0 Å². The van der Waals surface area contributed by atoms with Gasteiger partial charge in [0.2, 0.25) is 0 Å². The molecular weight excluding hydrogens is 302 g/mol. The SMILES string of the molecule is CC1NC(=O)c2ccc3c(c21)OC12C=CC(=O)CC1=CC=CC2=C3. The largest absolute Gasteiger partial charge is 0.473 e. The van der Waals surface area contributed by atoms with Gasteiger partial charge in [-0.05, 0) is 36.8 Å². The van der Waals surface area contributed by atoms with Gasteiger partial charge in [-0.3, -0.25) is 9.59 Å². The zero-order chi connectivity index (χ0) is 16.5. The number of nitrogens with one attached hydrogen (secondary N) is 1. The molecule has 1 spiro atoms. The zero-order valence-corrected chi connectivity index (χ0v) is 13.1. The molecule has 0 fully saturated rings. The summed E-state index contributed by atoms with van der Waals surface area (Å²) in [5.41, 5.74) is 3.77. The molecule has 0 bridgehead atoms. The predicted molar refractivity (Wildman–Crippen MR) is 89.6 cm³/mol. The van der Waals surface area contributed by atoms with Crippen molar-refractivity contribution in [2.45, 2.75) is 25.0 Å². The third-order valence-electron chi connectivity index (χ3n) is 5.17. The molecule has 1 amide bonds. The number of carbonyl (C=O) groups excluding carboxylic acids is 2. The Morgan fingerprint density at radius 2 is 2.12 bits per heavy atom. The maximum absolute atomic E-state index is 12.1. The van der Waals surface area contributed by atoms with Gasteiger partial charge in [0.1, 0.15) is 5.75 Å². The second-order valence-corrected chi connectivity index (χ2v) is 6.61. The summed E-state index contributed by atoms with van der Waals surface area (Å²) in [4.78, 5) is 23.9. The Morgan fingerprint density at radius 3 is 3.00 bits per heavy atom. The summed E-state index contributed by atoms with van der Waals surface area (Å²) < 4.78 is 6.52. The normalized spacial score (nSPS) is 28.8. The summed E-state index contributed by atoms with van der Waals surface area (Å²) in [6, 6.07) is 3.69. The molecule has 0 saturated heterocycles. The van der Waals surface area contributed by atoms with Crippen LogP contribution in [0.3, 0.4) is 0 Å². The number of rotatable bonds is 0. The molecule has 4 nitrogen and oxygen atoms in total. The van der Waals surface area contributed by atoms with Crippen LogP contribution in [0.25, 0.3) is 6.08 Å². The Kier molecular flexibility index (Phi) is 2.46. The van der Waals surface area contributed by atoms with E-state index in [0.717, 1.165) is 28.0 Å². The topological polar surface area (TPSA) is 55.4 Å². The van der Waals surface area contributed by atoms with Gasteiger partial charge in [0.15, 0.2) is 11.4 Å². The Bertz CT molecular complexity index is 948. The Labute approximate surface area is 139 Å². The minimum Gasteiger partial charge on any atom is -0.473 e. The smallest absolute Gasteiger partial charge is 0.252 e. The van der Waals surface area contributed by atoms with Crippen LogP contribution in [0, 0.1) is 0 Å². The van der Waals surface area contributed by atoms with Gasteiger partial charge in [0, 0.05) is 28.7 Å². The maximum atomic E-state index is 12.1. The first-order valence-electron chi connectivity index (χ1n) is 8.07. The van der Waals surface area contributed by atoms with E-state index >= 15 is 0 Å². The van der Waals surface area contributed by atoms with E-state index in [1.54, 1.807) is 6.08 Å². The molecule has 2 heterocycles. The number of hydrogen-bond donors (Lipinski definition) is 1. The lowest BCUT2D eigenvalue weighted by Gasteiger charge is -2.42. The van der Waals surface area contributed by atoms with Gasteiger partial charge in [-0.2, -0.15) is 0 Å². The molecule has 0 saturated carbocycles. The van der Waals surface area contributed by atoms with Crippen LogP contribution in [0.1, 0.15) is 40.9 Å². The van der Waals surface area contributed by atoms with E-state index in [1.807, 2.05) is 43.4 Å². The van der Waals surface area contributed by atoms with Crippen LogP contribution < -0.4 is 10.1 Å². The second kappa shape index (κ2) is 4.35. The molecule has 1 aromatic rings. The highest BCUT2D eigenvalue weighted by atomic mass is 16.5. The van der Waals surface area contributed by atoms with Gasteiger partial charge >= 0.3 is 0 Å². The molecule has 2 unspecified atom stereocenters. The third-order valence-corrected chi connectivity index (χ3v) is 5.17. The van der Waals surface area contributed by atoms with Crippen molar-refractivity contribution in [3.63, 3.8) is 0 Å². The minimum absolute atomic E-state index is 0.0650. The molecule has 118 valence electrons. The quantitative estimate of drug-likeness (QED) is 0.800. The fraction of sp³-hybridized carbons (Fsp3) is 0.200. The first kappa shape index (κ1) is 13.5. The first-order valence-corrected chi connectivity index (χ1v) is 8.07. The van der Waals surface area contributed by atoms with Crippen LogP contribution in [-0.4, -0.2) is 17.3 Å². The molecule has 24 heavy (non-hydrogen) atoms. The summed E-state index contributed by atoms with van der Waals surface area (Å²) >= 11 is 0. The molecule has 2 aliphatic carbocycles. The fourth-order valence-electron chi connectivity index (χ4n) is 4.01. The summed E-state index contributed by atoms with van der Waals surface area (Å²) in [7, 11) is 0. The highest BCUT2D eigenvalue weighted by Crippen LogP contribution is 2.49. The van der Waals surface area contributed by atoms with Gasteiger partial charge in [0.25, 0.3) is 5.91 Å². The molecular formula is C20H15NO3. The van der Waals surface area contributed by atoms with Gasteiger partial charge in [-0.15, -0.1) is 0 Å². The van der Waals surface area contributed by atoms with E-state index in [2.05, 4.69) is 11.4 Å². The van der Waals surface area contributed by atoms with Crippen molar-refractivity contribution in [3.8, 4) is 5.75 Å². The fourth-order valence-corrected chi connectivity index (χ4v) is 4.01. The average molecular weight is 317 g/mol. The van der Waals surface area contributed by atoms with E-state index in [0.29, 0.717) is 12.0 Å². The molecule has 1 aromatic carbocycles. The third kappa shape index (κ3) is 1.58. The van der Waals surface area contributed by atoms with Crippen LogP contribution in [0.15, 0.2) is 53.7 Å². The Hall–Kier alpha value is -2.88. The van der Waals surface area contributed by atoms with E-state index in [1.165, 1.54) is 0 Å². The number of carbonyl (C=O) groups is 2. The van der Waals surface area contributed by atoms with Gasteiger partial charge in [0.05, 0.1) is 6.04 Å². The lowest BCUT2D eigenvalue weighted by molar-refractivity contribution is -0.114. The molecule has 5 rings (SSSR count). The molecule has 2 aliphatic heterocycles. The maximum Gasteiger partial charge on any atom is 0.252 e. The van der Waals surface area contributed by atoms with Crippen LogP contribution >= 0.6 is 0 Å². The van der Waals surface area contributed by atoms with Crippen LogP contribution in [0.5, 0.6) is 5.75 Å². The van der Waals surface area contributed by atoms with Gasteiger partial charge in [-0.25, -0.2) is 0 Å². The lowest BCUT2D eigenvalue weighted by atomic mass is 9.74. The van der Waals surface area contributed by atoms with E-state index in [-0.39, 0.29) is 17.7 Å².